The first-order valence-corrected chi connectivity index (χ1v) is 9.75. The molecule has 2 aromatic rings. The van der Waals surface area contributed by atoms with Crippen molar-refractivity contribution in [2.24, 2.45) is 0 Å². The molecule has 2 aromatic carbocycles. The van der Waals surface area contributed by atoms with Crippen LogP contribution in [0.4, 0.5) is 4.79 Å². The van der Waals surface area contributed by atoms with Gasteiger partial charge in [0.25, 0.3) is 0 Å². The van der Waals surface area contributed by atoms with Crippen molar-refractivity contribution in [1.29, 1.82) is 0 Å². The molecule has 29 heavy (non-hydrogen) atoms. The number of rotatable bonds is 6. The van der Waals surface area contributed by atoms with Crippen LogP contribution in [0.2, 0.25) is 0 Å². The Morgan fingerprint density at radius 1 is 0.966 bits per heavy atom. The van der Waals surface area contributed by atoms with E-state index in [1.807, 2.05) is 19.1 Å². The second-order valence-corrected chi connectivity index (χ2v) is 8.28. The molecule has 0 saturated heterocycles. The van der Waals surface area contributed by atoms with E-state index in [-0.39, 0.29) is 34.8 Å². The molecule has 0 radical (unpaired) electrons. The molecule has 0 aliphatic heterocycles. The summed E-state index contributed by atoms with van der Waals surface area (Å²) in [6.07, 6.45) is 0.777. The van der Waals surface area contributed by atoms with Crippen LogP contribution < -0.4 is 4.74 Å². The van der Waals surface area contributed by atoms with Gasteiger partial charge < -0.3 is 24.8 Å². The van der Waals surface area contributed by atoms with E-state index in [4.69, 9.17) is 9.47 Å². The minimum absolute atomic E-state index is 0.0469. The minimum atomic E-state index is -0.869. The van der Waals surface area contributed by atoms with Gasteiger partial charge in [0, 0.05) is 0 Å². The second kappa shape index (κ2) is 9.07. The number of ether oxygens (including phenoxy) is 2. The van der Waals surface area contributed by atoms with Gasteiger partial charge in [-0.2, -0.15) is 0 Å². The highest BCUT2D eigenvalue weighted by Crippen LogP contribution is 2.37. The molecule has 3 N–H and O–H groups in total. The number of hydrogen-bond donors (Lipinski definition) is 3. The summed E-state index contributed by atoms with van der Waals surface area (Å²) in [6.45, 7) is 9.31. The van der Waals surface area contributed by atoms with Crippen LogP contribution in [0.5, 0.6) is 23.0 Å². The van der Waals surface area contributed by atoms with E-state index in [0.717, 1.165) is 24.0 Å². The molecule has 158 valence electrons. The fourth-order valence-corrected chi connectivity index (χ4v) is 3.18. The average Bonchev–Trinajstić information content (AvgIpc) is 2.62. The molecule has 2 atom stereocenters. The number of hydrogen-bond acceptors (Lipinski definition) is 6. The first kappa shape index (κ1) is 22.4. The van der Waals surface area contributed by atoms with Crippen molar-refractivity contribution >= 4 is 6.16 Å². The molecule has 0 aliphatic rings. The van der Waals surface area contributed by atoms with Crippen LogP contribution >= 0.6 is 0 Å². The van der Waals surface area contributed by atoms with E-state index in [9.17, 15) is 20.1 Å². The summed E-state index contributed by atoms with van der Waals surface area (Å²) in [6, 6.07) is 9.85. The molecule has 6 nitrogen and oxygen atoms in total. The molecule has 0 amide bonds. The molecule has 0 aliphatic carbocycles. The molecule has 0 spiro atoms. The zero-order valence-corrected chi connectivity index (χ0v) is 17.6. The number of carbonyl (C=O) groups is 1. The van der Waals surface area contributed by atoms with Crippen molar-refractivity contribution in [2.75, 3.05) is 0 Å². The van der Waals surface area contributed by atoms with Crippen molar-refractivity contribution in [2.45, 2.75) is 64.9 Å². The van der Waals surface area contributed by atoms with Crippen molar-refractivity contribution in [3.8, 4) is 23.0 Å². The number of phenols is 3. The summed E-state index contributed by atoms with van der Waals surface area (Å²) < 4.78 is 10.2. The van der Waals surface area contributed by atoms with Crippen molar-refractivity contribution in [3.05, 3.63) is 47.5 Å². The third-order valence-electron chi connectivity index (χ3n) is 4.74. The van der Waals surface area contributed by atoms with E-state index in [0.29, 0.717) is 0 Å². The monoisotopic (exact) mass is 402 g/mol. The molecule has 0 bridgehead atoms. The Kier molecular flexibility index (Phi) is 7.01. The molecular weight excluding hydrogens is 372 g/mol. The molecule has 0 fully saturated rings. The first-order chi connectivity index (χ1) is 13.5. The van der Waals surface area contributed by atoms with Gasteiger partial charge in [0.2, 0.25) is 0 Å². The molecule has 6 heteroatoms. The summed E-state index contributed by atoms with van der Waals surface area (Å²) in [5.74, 6) is -0.0630. The van der Waals surface area contributed by atoms with Crippen molar-refractivity contribution < 1.29 is 29.6 Å². The number of aromatic hydroxyl groups is 3. The zero-order chi connectivity index (χ0) is 21.8. The molecular formula is C23H30O6. The van der Waals surface area contributed by atoms with Gasteiger partial charge in [-0.3, -0.25) is 0 Å². The first-order valence-electron chi connectivity index (χ1n) is 9.75. The summed E-state index contributed by atoms with van der Waals surface area (Å²) >= 11 is 0. The Morgan fingerprint density at radius 2 is 1.59 bits per heavy atom. The normalized spacial score (nSPS) is 13.6. The van der Waals surface area contributed by atoms with E-state index >= 15 is 0 Å². The van der Waals surface area contributed by atoms with Gasteiger partial charge in [0.05, 0.1) is 0 Å². The molecule has 2 unspecified atom stereocenters. The number of benzene rings is 2. The summed E-state index contributed by atoms with van der Waals surface area (Å²) in [5.41, 5.74) is 1.17. The maximum absolute atomic E-state index is 11.8. The van der Waals surface area contributed by atoms with Gasteiger partial charge in [-0.05, 0) is 80.8 Å². The number of phenolic OH excluding ortho intramolecular Hbond substituents is 3. The molecule has 0 saturated carbocycles. The molecule has 0 aromatic heterocycles. The van der Waals surface area contributed by atoms with Gasteiger partial charge in [0.15, 0.2) is 23.0 Å². The van der Waals surface area contributed by atoms with Crippen LogP contribution in [0.25, 0.3) is 0 Å². The van der Waals surface area contributed by atoms with E-state index in [1.54, 1.807) is 39.0 Å². The van der Waals surface area contributed by atoms with Gasteiger partial charge in [0.1, 0.15) is 5.60 Å². The minimum Gasteiger partial charge on any atom is -0.504 e. The fraction of sp³-hybridized carbons (Fsp3) is 0.435. The highest BCUT2D eigenvalue weighted by atomic mass is 16.7. The summed E-state index contributed by atoms with van der Waals surface area (Å²) in [4.78, 5) is 11.8. The third-order valence-corrected chi connectivity index (χ3v) is 4.74. The number of carbonyl (C=O) groups excluding carboxylic acids is 1. The Morgan fingerprint density at radius 3 is 2.14 bits per heavy atom. The topological polar surface area (TPSA) is 96.2 Å². The van der Waals surface area contributed by atoms with E-state index in [2.05, 4.69) is 6.92 Å². The zero-order valence-electron chi connectivity index (χ0n) is 17.6. The van der Waals surface area contributed by atoms with E-state index in [1.165, 1.54) is 6.07 Å². The lowest BCUT2D eigenvalue weighted by Crippen LogP contribution is -2.26. The Hall–Kier alpha value is -2.89. The standard InChI is InChI=1S/C23H30O6/c1-6-15(17-7-9-18(24)19(25)13-17)11-14(2)16-8-10-21(20(26)12-16)28-22(27)29-23(3,4)5/h7-10,12-15,24-26H,6,11H2,1-5H3. The average molecular weight is 402 g/mol. The summed E-state index contributed by atoms with van der Waals surface area (Å²) in [7, 11) is 0. The lowest BCUT2D eigenvalue weighted by Gasteiger charge is -2.22. The predicted molar refractivity (Wildman–Crippen MR) is 111 cm³/mol. The SMILES string of the molecule is CCC(CC(C)c1ccc(OC(=O)OC(C)(C)C)c(O)c1)c1ccc(O)c(O)c1. The van der Waals surface area contributed by atoms with Gasteiger partial charge in [-0.25, -0.2) is 4.79 Å². The van der Waals surface area contributed by atoms with Crippen LogP contribution in [0.3, 0.4) is 0 Å². The largest absolute Gasteiger partial charge is 0.514 e. The lowest BCUT2D eigenvalue weighted by atomic mass is 9.84. The second-order valence-electron chi connectivity index (χ2n) is 8.28. The smallest absolute Gasteiger partial charge is 0.504 e. The van der Waals surface area contributed by atoms with Crippen LogP contribution in [0.15, 0.2) is 36.4 Å². The Balaban J connectivity index is 2.10. The lowest BCUT2D eigenvalue weighted by molar-refractivity contribution is 0.0200. The molecule has 2 rings (SSSR count). The molecule has 0 heterocycles. The highest BCUT2D eigenvalue weighted by Gasteiger charge is 2.21. The van der Waals surface area contributed by atoms with E-state index < -0.39 is 11.8 Å². The third kappa shape index (κ3) is 6.31. The Bertz CT molecular complexity index is 853. The fourth-order valence-electron chi connectivity index (χ4n) is 3.18. The summed E-state index contributed by atoms with van der Waals surface area (Å²) in [5, 5.41) is 29.6. The maximum Gasteiger partial charge on any atom is 0.514 e. The van der Waals surface area contributed by atoms with Crippen LogP contribution in [0, 0.1) is 0 Å². The van der Waals surface area contributed by atoms with Gasteiger partial charge >= 0.3 is 6.16 Å². The van der Waals surface area contributed by atoms with Gasteiger partial charge in [-0.15, -0.1) is 0 Å². The van der Waals surface area contributed by atoms with Crippen LogP contribution in [0.1, 0.15) is 70.4 Å². The Labute approximate surface area is 171 Å². The predicted octanol–water partition coefficient (Wildman–Crippen LogP) is 5.80. The van der Waals surface area contributed by atoms with Crippen molar-refractivity contribution in [1.82, 2.24) is 0 Å². The quantitative estimate of drug-likeness (QED) is 0.321. The highest BCUT2D eigenvalue weighted by molar-refractivity contribution is 5.66. The van der Waals surface area contributed by atoms with Crippen LogP contribution in [-0.4, -0.2) is 27.1 Å². The maximum atomic E-state index is 11.8. The van der Waals surface area contributed by atoms with Crippen LogP contribution in [-0.2, 0) is 4.74 Å². The van der Waals surface area contributed by atoms with Gasteiger partial charge in [-0.1, -0.05) is 26.0 Å². The van der Waals surface area contributed by atoms with Crippen molar-refractivity contribution in [3.63, 3.8) is 0 Å².